The number of rotatable bonds is 4. The predicted octanol–water partition coefficient (Wildman–Crippen LogP) is 2.64. The van der Waals surface area contributed by atoms with Crippen molar-refractivity contribution in [2.45, 2.75) is 61.8 Å². The van der Waals surface area contributed by atoms with Crippen LogP contribution in [0.25, 0.3) is 0 Å². The third-order valence-corrected chi connectivity index (χ3v) is 4.78. The van der Waals surface area contributed by atoms with Gasteiger partial charge >= 0.3 is 0 Å². The van der Waals surface area contributed by atoms with Crippen molar-refractivity contribution in [2.24, 2.45) is 0 Å². The van der Waals surface area contributed by atoms with Crippen molar-refractivity contribution in [3.63, 3.8) is 0 Å². The first kappa shape index (κ1) is 15.2. The lowest BCUT2D eigenvalue weighted by atomic mass is 10.1. The van der Waals surface area contributed by atoms with Crippen LogP contribution in [0.4, 0.5) is 0 Å². The van der Waals surface area contributed by atoms with Gasteiger partial charge in [-0.1, -0.05) is 25.7 Å². The summed E-state index contributed by atoms with van der Waals surface area (Å²) in [7, 11) is 0. The van der Waals surface area contributed by atoms with Gasteiger partial charge in [0.2, 0.25) is 5.91 Å². The number of pyridine rings is 1. The largest absolute Gasteiger partial charge is 0.618 e. The van der Waals surface area contributed by atoms with Crippen LogP contribution in [0.3, 0.4) is 0 Å². The number of hydrogen-bond donors (Lipinski definition) is 1. The SMILES string of the molecule is C[C@H](Sc1cccc[n+]1[O-])C(=O)NC1CCCCCC1. The molecule has 0 spiro atoms. The summed E-state index contributed by atoms with van der Waals surface area (Å²) in [6.07, 6.45) is 8.56. The highest BCUT2D eigenvalue weighted by Gasteiger charge is 2.21. The summed E-state index contributed by atoms with van der Waals surface area (Å²) in [6.45, 7) is 1.85. The maximum absolute atomic E-state index is 12.2. The first-order chi connectivity index (χ1) is 9.66. The maximum atomic E-state index is 12.2. The van der Waals surface area contributed by atoms with E-state index in [9.17, 15) is 10.0 Å². The van der Waals surface area contributed by atoms with Gasteiger partial charge in [-0.25, -0.2) is 0 Å². The molecule has 0 aliphatic heterocycles. The van der Waals surface area contributed by atoms with Crippen LogP contribution in [-0.2, 0) is 4.79 Å². The van der Waals surface area contributed by atoms with Gasteiger partial charge in [-0.2, -0.15) is 4.73 Å². The first-order valence-electron chi connectivity index (χ1n) is 7.32. The van der Waals surface area contributed by atoms with Crippen molar-refractivity contribution in [2.75, 3.05) is 0 Å². The Kier molecular flexibility index (Phi) is 5.71. The van der Waals surface area contributed by atoms with E-state index in [2.05, 4.69) is 5.32 Å². The highest BCUT2D eigenvalue weighted by molar-refractivity contribution is 8.00. The van der Waals surface area contributed by atoms with Crippen molar-refractivity contribution < 1.29 is 9.52 Å². The molecule has 1 amide bonds. The van der Waals surface area contributed by atoms with Crippen molar-refractivity contribution in [1.29, 1.82) is 0 Å². The van der Waals surface area contributed by atoms with Crippen LogP contribution in [0.2, 0.25) is 0 Å². The fraction of sp³-hybridized carbons (Fsp3) is 0.600. The summed E-state index contributed by atoms with van der Waals surface area (Å²) in [5.74, 6) is 0.0331. The molecule has 1 aromatic heterocycles. The summed E-state index contributed by atoms with van der Waals surface area (Å²) < 4.78 is 0.806. The van der Waals surface area contributed by atoms with Gasteiger partial charge in [-0.3, -0.25) is 4.79 Å². The number of carbonyl (C=O) groups is 1. The molecule has 5 heteroatoms. The second-order valence-electron chi connectivity index (χ2n) is 5.32. The van der Waals surface area contributed by atoms with E-state index in [-0.39, 0.29) is 11.2 Å². The van der Waals surface area contributed by atoms with Gasteiger partial charge in [0.05, 0.1) is 5.25 Å². The van der Waals surface area contributed by atoms with Gasteiger partial charge in [0.15, 0.2) is 6.20 Å². The summed E-state index contributed by atoms with van der Waals surface area (Å²) in [5, 5.41) is 15.0. The monoisotopic (exact) mass is 294 g/mol. The summed E-state index contributed by atoms with van der Waals surface area (Å²) in [4.78, 5) is 12.2. The van der Waals surface area contributed by atoms with Crippen molar-refractivity contribution in [3.8, 4) is 0 Å². The van der Waals surface area contributed by atoms with E-state index in [0.29, 0.717) is 11.1 Å². The zero-order valence-corrected chi connectivity index (χ0v) is 12.7. The van der Waals surface area contributed by atoms with Gasteiger partial charge in [-0.05, 0) is 37.6 Å². The molecule has 0 saturated heterocycles. The Morgan fingerprint density at radius 1 is 1.35 bits per heavy atom. The first-order valence-corrected chi connectivity index (χ1v) is 8.20. The highest BCUT2D eigenvalue weighted by atomic mass is 32.2. The lowest BCUT2D eigenvalue weighted by Gasteiger charge is -2.18. The molecule has 0 unspecified atom stereocenters. The predicted molar refractivity (Wildman–Crippen MR) is 80.4 cm³/mol. The maximum Gasteiger partial charge on any atom is 0.252 e. The van der Waals surface area contributed by atoms with Crippen molar-refractivity contribution >= 4 is 17.7 Å². The highest BCUT2D eigenvalue weighted by Crippen LogP contribution is 2.21. The molecule has 1 atom stereocenters. The number of amides is 1. The molecule has 1 saturated carbocycles. The standard InChI is InChI=1S/C15H22N2O2S/c1-12(20-14-10-6-7-11-17(14)19)15(18)16-13-8-4-2-3-5-9-13/h6-7,10-13H,2-5,8-9H2,1H3,(H,16,18)/t12-/m0/s1. The minimum atomic E-state index is -0.249. The zero-order chi connectivity index (χ0) is 14.4. The number of aromatic nitrogens is 1. The minimum absolute atomic E-state index is 0.0331. The Morgan fingerprint density at radius 3 is 2.70 bits per heavy atom. The van der Waals surface area contributed by atoms with Crippen LogP contribution < -0.4 is 10.0 Å². The third kappa shape index (κ3) is 4.40. The quantitative estimate of drug-likeness (QED) is 0.402. The summed E-state index contributed by atoms with van der Waals surface area (Å²) in [5.41, 5.74) is 0. The lowest BCUT2D eigenvalue weighted by Crippen LogP contribution is -2.39. The third-order valence-electron chi connectivity index (χ3n) is 3.66. The van der Waals surface area contributed by atoms with E-state index in [0.717, 1.165) is 17.6 Å². The molecule has 1 aliphatic rings. The van der Waals surface area contributed by atoms with Crippen LogP contribution in [0.15, 0.2) is 29.4 Å². The summed E-state index contributed by atoms with van der Waals surface area (Å²) in [6, 6.07) is 5.55. The van der Waals surface area contributed by atoms with Gasteiger partial charge in [0, 0.05) is 18.2 Å². The Labute approximate surface area is 124 Å². The molecule has 4 nitrogen and oxygen atoms in total. The normalized spacial score (nSPS) is 18.2. The number of hydrogen-bond acceptors (Lipinski definition) is 3. The fourth-order valence-electron chi connectivity index (χ4n) is 2.48. The number of nitrogens with zero attached hydrogens (tertiary/aromatic N) is 1. The average Bonchev–Trinajstić information content (AvgIpc) is 2.70. The Morgan fingerprint density at radius 2 is 2.05 bits per heavy atom. The fourth-order valence-corrected chi connectivity index (χ4v) is 3.34. The Hall–Kier alpha value is -1.23. The van der Waals surface area contributed by atoms with Crippen molar-refractivity contribution in [3.05, 3.63) is 29.6 Å². The molecule has 1 fully saturated rings. The van der Waals surface area contributed by atoms with Gasteiger partial charge in [-0.15, -0.1) is 0 Å². The van der Waals surface area contributed by atoms with Gasteiger partial charge < -0.3 is 10.5 Å². The molecule has 1 aromatic rings. The molecule has 0 bridgehead atoms. The summed E-state index contributed by atoms with van der Waals surface area (Å²) >= 11 is 1.31. The molecule has 1 aliphatic carbocycles. The number of nitrogens with one attached hydrogen (secondary N) is 1. The van der Waals surface area contributed by atoms with Crippen molar-refractivity contribution in [1.82, 2.24) is 5.32 Å². The number of carbonyl (C=O) groups excluding carboxylic acids is 1. The molecule has 20 heavy (non-hydrogen) atoms. The van der Waals surface area contributed by atoms with Gasteiger partial charge in [0.25, 0.3) is 5.03 Å². The lowest BCUT2D eigenvalue weighted by molar-refractivity contribution is -0.645. The minimum Gasteiger partial charge on any atom is -0.618 e. The van der Waals surface area contributed by atoms with Crippen LogP contribution in [0.5, 0.6) is 0 Å². The smallest absolute Gasteiger partial charge is 0.252 e. The molecule has 1 N–H and O–H groups in total. The van der Waals surface area contributed by atoms with Crippen LogP contribution >= 0.6 is 11.8 Å². The molecule has 0 radical (unpaired) electrons. The Balaban J connectivity index is 1.87. The van der Waals surface area contributed by atoms with E-state index in [4.69, 9.17) is 0 Å². The molecule has 2 rings (SSSR count). The second kappa shape index (κ2) is 7.53. The van der Waals surface area contributed by atoms with E-state index in [1.165, 1.54) is 43.6 Å². The second-order valence-corrected chi connectivity index (χ2v) is 6.68. The molecular formula is C15H22N2O2S. The molecule has 1 heterocycles. The van der Waals surface area contributed by atoms with Gasteiger partial charge in [0.1, 0.15) is 0 Å². The van der Waals surface area contributed by atoms with Crippen LogP contribution in [0, 0.1) is 5.21 Å². The van der Waals surface area contributed by atoms with E-state index in [1.807, 2.05) is 13.0 Å². The van der Waals surface area contributed by atoms with E-state index < -0.39 is 0 Å². The van der Waals surface area contributed by atoms with Crippen LogP contribution in [0.1, 0.15) is 45.4 Å². The zero-order valence-electron chi connectivity index (χ0n) is 11.9. The Bertz CT molecular complexity index is 445. The topological polar surface area (TPSA) is 56.0 Å². The molecule has 110 valence electrons. The van der Waals surface area contributed by atoms with E-state index >= 15 is 0 Å². The molecular weight excluding hydrogens is 272 g/mol. The average molecular weight is 294 g/mol. The van der Waals surface area contributed by atoms with E-state index in [1.54, 1.807) is 12.1 Å². The number of thioether (sulfide) groups is 1. The molecule has 0 aromatic carbocycles. The van der Waals surface area contributed by atoms with Crippen LogP contribution in [-0.4, -0.2) is 17.2 Å².